The van der Waals surface area contributed by atoms with Crippen molar-refractivity contribution in [2.75, 3.05) is 20.3 Å². The number of methoxy groups -OCH3 is 1. The molecule has 0 saturated heterocycles. The molecule has 1 aromatic carbocycles. The predicted octanol–water partition coefficient (Wildman–Crippen LogP) is 3.85. The summed E-state index contributed by atoms with van der Waals surface area (Å²) < 4.78 is 11.1. The highest BCUT2D eigenvalue weighted by Gasteiger charge is 2.23. The maximum absolute atomic E-state index is 12.7. The van der Waals surface area contributed by atoms with Crippen LogP contribution in [0.1, 0.15) is 42.6 Å². The third kappa shape index (κ3) is 4.16. The minimum absolute atomic E-state index is 0.0176. The standard InChI is InChI=1S/C22H27N3O3S/c1-13-8-9-15-18(12-13)29-22-19(15)21(26)24-20(25-22)14(2)23-10-11-28-17-7-5-4-6-16(17)27-3/h4-7,13-14,23H,8-12H2,1-3H3,(H,24,25,26)/t13-,14+/m0/s1. The molecule has 0 amide bonds. The van der Waals surface area contributed by atoms with Gasteiger partial charge >= 0.3 is 0 Å². The van der Waals surface area contributed by atoms with Gasteiger partial charge in [0.15, 0.2) is 11.5 Å². The van der Waals surface area contributed by atoms with E-state index in [2.05, 4.69) is 17.2 Å². The van der Waals surface area contributed by atoms with Crippen LogP contribution in [0.2, 0.25) is 0 Å². The summed E-state index contributed by atoms with van der Waals surface area (Å²) in [6.45, 7) is 5.39. The Balaban J connectivity index is 1.42. The van der Waals surface area contributed by atoms with Gasteiger partial charge in [-0.25, -0.2) is 4.98 Å². The topological polar surface area (TPSA) is 76.2 Å². The van der Waals surface area contributed by atoms with E-state index in [1.54, 1.807) is 18.4 Å². The number of ether oxygens (including phenoxy) is 2. The normalized spacial score (nSPS) is 17.1. The quantitative estimate of drug-likeness (QED) is 0.576. The number of aryl methyl sites for hydroxylation is 1. The molecule has 2 N–H and O–H groups in total. The van der Waals surface area contributed by atoms with Crippen LogP contribution in [-0.4, -0.2) is 30.2 Å². The van der Waals surface area contributed by atoms with Crippen LogP contribution in [-0.2, 0) is 12.8 Å². The molecule has 4 rings (SSSR count). The van der Waals surface area contributed by atoms with Crippen LogP contribution in [0, 0.1) is 5.92 Å². The monoisotopic (exact) mass is 413 g/mol. The Morgan fingerprint density at radius 3 is 2.93 bits per heavy atom. The molecule has 0 saturated carbocycles. The molecule has 0 unspecified atom stereocenters. The zero-order valence-electron chi connectivity index (χ0n) is 17.1. The number of rotatable bonds is 7. The highest BCUT2D eigenvalue weighted by Crippen LogP contribution is 2.35. The van der Waals surface area contributed by atoms with E-state index in [1.165, 1.54) is 10.4 Å². The number of nitrogens with zero attached hydrogens (tertiary/aromatic N) is 1. The van der Waals surface area contributed by atoms with Gasteiger partial charge in [0, 0.05) is 11.4 Å². The maximum Gasteiger partial charge on any atom is 0.259 e. The Labute approximate surface area is 174 Å². The molecule has 2 heterocycles. The van der Waals surface area contributed by atoms with Crippen molar-refractivity contribution in [2.24, 2.45) is 5.92 Å². The summed E-state index contributed by atoms with van der Waals surface area (Å²) in [5.41, 5.74) is 1.20. The van der Waals surface area contributed by atoms with Crippen LogP contribution in [0.5, 0.6) is 11.5 Å². The molecular formula is C22H27N3O3S. The van der Waals surface area contributed by atoms with Gasteiger partial charge in [-0.2, -0.15) is 0 Å². The van der Waals surface area contributed by atoms with Crippen molar-refractivity contribution in [2.45, 2.75) is 39.2 Å². The molecule has 1 aliphatic rings. The van der Waals surface area contributed by atoms with Crippen LogP contribution >= 0.6 is 11.3 Å². The summed E-state index contributed by atoms with van der Waals surface area (Å²) in [7, 11) is 1.63. The molecule has 2 aromatic heterocycles. The molecule has 3 aromatic rings. The lowest BCUT2D eigenvalue weighted by atomic mass is 9.89. The fraction of sp³-hybridized carbons (Fsp3) is 0.455. The first kappa shape index (κ1) is 19.9. The van der Waals surface area contributed by atoms with E-state index < -0.39 is 0 Å². The van der Waals surface area contributed by atoms with E-state index in [4.69, 9.17) is 14.5 Å². The smallest absolute Gasteiger partial charge is 0.259 e. The number of H-pyrrole nitrogens is 1. The number of aromatic amines is 1. The van der Waals surface area contributed by atoms with Crippen LogP contribution in [0.25, 0.3) is 10.2 Å². The summed E-state index contributed by atoms with van der Waals surface area (Å²) in [6.07, 6.45) is 3.18. The Morgan fingerprint density at radius 1 is 1.34 bits per heavy atom. The molecule has 0 bridgehead atoms. The maximum atomic E-state index is 12.7. The zero-order valence-corrected chi connectivity index (χ0v) is 17.9. The molecule has 154 valence electrons. The summed E-state index contributed by atoms with van der Waals surface area (Å²) in [4.78, 5) is 22.7. The predicted molar refractivity (Wildman–Crippen MR) is 116 cm³/mol. The van der Waals surface area contributed by atoms with Crippen molar-refractivity contribution >= 4 is 21.6 Å². The van der Waals surface area contributed by atoms with Crippen molar-refractivity contribution in [3.63, 3.8) is 0 Å². The average molecular weight is 414 g/mol. The number of hydrogen-bond donors (Lipinski definition) is 2. The van der Waals surface area contributed by atoms with Crippen molar-refractivity contribution in [1.82, 2.24) is 15.3 Å². The third-order valence-corrected chi connectivity index (χ3v) is 6.62. The Hall–Kier alpha value is -2.38. The molecule has 6 nitrogen and oxygen atoms in total. The van der Waals surface area contributed by atoms with Crippen LogP contribution in [0.15, 0.2) is 29.1 Å². The van der Waals surface area contributed by atoms with E-state index in [0.29, 0.717) is 30.6 Å². The van der Waals surface area contributed by atoms with Gasteiger partial charge in [0.25, 0.3) is 5.56 Å². The van der Waals surface area contributed by atoms with Gasteiger partial charge in [-0.05, 0) is 49.8 Å². The lowest BCUT2D eigenvalue weighted by Gasteiger charge is -2.17. The van der Waals surface area contributed by atoms with Gasteiger partial charge in [-0.3, -0.25) is 4.79 Å². The number of benzene rings is 1. The molecule has 2 atom stereocenters. The Morgan fingerprint density at radius 2 is 2.14 bits per heavy atom. The first-order chi connectivity index (χ1) is 14.1. The van der Waals surface area contributed by atoms with Gasteiger partial charge in [0.05, 0.1) is 18.5 Å². The average Bonchev–Trinajstić information content (AvgIpc) is 3.09. The summed E-state index contributed by atoms with van der Waals surface area (Å²) in [6, 6.07) is 7.50. The minimum atomic E-state index is -0.0774. The zero-order chi connectivity index (χ0) is 20.4. The molecule has 0 radical (unpaired) electrons. The lowest BCUT2D eigenvalue weighted by Crippen LogP contribution is -2.27. The Kier molecular flexibility index (Phi) is 5.87. The van der Waals surface area contributed by atoms with E-state index >= 15 is 0 Å². The van der Waals surface area contributed by atoms with Gasteiger partial charge in [0.1, 0.15) is 17.3 Å². The summed E-state index contributed by atoms with van der Waals surface area (Å²) >= 11 is 1.68. The summed E-state index contributed by atoms with van der Waals surface area (Å²) in [5.74, 6) is 2.79. The molecular weight excluding hydrogens is 386 g/mol. The second kappa shape index (κ2) is 8.55. The van der Waals surface area contributed by atoms with Crippen molar-refractivity contribution in [3.8, 4) is 11.5 Å². The minimum Gasteiger partial charge on any atom is -0.493 e. The van der Waals surface area contributed by atoms with Crippen LogP contribution in [0.3, 0.4) is 0 Å². The van der Waals surface area contributed by atoms with E-state index in [0.717, 1.165) is 35.2 Å². The first-order valence-corrected chi connectivity index (χ1v) is 10.9. The van der Waals surface area contributed by atoms with Crippen LogP contribution < -0.4 is 20.3 Å². The SMILES string of the molecule is COc1ccccc1OCCN[C@H](C)c1nc2sc3c(c2c(=O)[nH]1)CC[C@H](C)C3. The second-order valence-corrected chi connectivity index (χ2v) is 8.74. The number of nitrogens with one attached hydrogen (secondary N) is 2. The van der Waals surface area contributed by atoms with Crippen molar-refractivity contribution in [1.29, 1.82) is 0 Å². The Bertz CT molecular complexity index is 1060. The highest BCUT2D eigenvalue weighted by atomic mass is 32.1. The molecule has 1 aliphatic carbocycles. The third-order valence-electron chi connectivity index (χ3n) is 5.47. The fourth-order valence-electron chi connectivity index (χ4n) is 3.84. The molecule has 0 spiro atoms. The molecule has 0 fully saturated rings. The van der Waals surface area contributed by atoms with Crippen molar-refractivity contribution in [3.05, 3.63) is 50.9 Å². The van der Waals surface area contributed by atoms with E-state index in [9.17, 15) is 4.79 Å². The van der Waals surface area contributed by atoms with Gasteiger partial charge in [0.2, 0.25) is 0 Å². The van der Waals surface area contributed by atoms with E-state index in [1.807, 2.05) is 31.2 Å². The number of para-hydroxylation sites is 2. The van der Waals surface area contributed by atoms with E-state index in [-0.39, 0.29) is 11.6 Å². The highest BCUT2D eigenvalue weighted by molar-refractivity contribution is 7.18. The van der Waals surface area contributed by atoms with Gasteiger partial charge in [-0.15, -0.1) is 11.3 Å². The van der Waals surface area contributed by atoms with Crippen LogP contribution in [0.4, 0.5) is 0 Å². The molecule has 7 heteroatoms. The number of aromatic nitrogens is 2. The fourth-order valence-corrected chi connectivity index (χ4v) is 5.23. The molecule has 0 aliphatic heterocycles. The first-order valence-electron chi connectivity index (χ1n) is 10.1. The second-order valence-electron chi connectivity index (χ2n) is 7.66. The lowest BCUT2D eigenvalue weighted by molar-refractivity contribution is 0.287. The van der Waals surface area contributed by atoms with Crippen molar-refractivity contribution < 1.29 is 9.47 Å². The molecule has 29 heavy (non-hydrogen) atoms. The largest absolute Gasteiger partial charge is 0.493 e. The number of fused-ring (bicyclic) bond motifs is 3. The number of thiophene rings is 1. The van der Waals surface area contributed by atoms with Gasteiger partial charge < -0.3 is 19.8 Å². The van der Waals surface area contributed by atoms with Gasteiger partial charge in [-0.1, -0.05) is 19.1 Å². The summed E-state index contributed by atoms with van der Waals surface area (Å²) in [5, 5.41) is 4.17. The number of hydrogen-bond acceptors (Lipinski definition) is 6.